The molecule has 22 heavy (non-hydrogen) atoms. The average Bonchev–Trinajstić information content (AvgIpc) is 2.52. The van der Waals surface area contributed by atoms with Crippen molar-refractivity contribution in [3.8, 4) is 0 Å². The van der Waals surface area contributed by atoms with E-state index in [4.69, 9.17) is 4.74 Å². The fraction of sp³-hybridized carbons (Fsp3) is 0.133. The van der Waals surface area contributed by atoms with E-state index in [1.54, 1.807) is 12.1 Å². The predicted molar refractivity (Wildman–Crippen MR) is 87.8 cm³/mol. The molecule has 7 heteroatoms. The third-order valence-electron chi connectivity index (χ3n) is 2.69. The lowest BCUT2D eigenvalue weighted by atomic mass is 10.2. The lowest BCUT2D eigenvalue weighted by Crippen LogP contribution is -2.07. The molecule has 2 aromatic rings. The average molecular weight is 382 g/mol. The van der Waals surface area contributed by atoms with Gasteiger partial charge in [0.1, 0.15) is 6.61 Å². The Labute approximate surface area is 140 Å². The minimum absolute atomic E-state index is 0.0159. The van der Waals surface area contributed by atoms with Gasteiger partial charge in [0.2, 0.25) is 0 Å². The Bertz CT molecular complexity index is 675. The Balaban J connectivity index is 1.81. The molecule has 0 aromatic heterocycles. The molecule has 5 nitrogen and oxygen atoms in total. The first kappa shape index (κ1) is 16.5. The molecule has 2 rings (SSSR count). The number of hydrogen-bond donors (Lipinski definition) is 0. The molecular weight excluding hydrogens is 370 g/mol. The van der Waals surface area contributed by atoms with Gasteiger partial charge in [-0.3, -0.25) is 14.9 Å². The summed E-state index contributed by atoms with van der Waals surface area (Å²) in [6.07, 6.45) is 0. The van der Waals surface area contributed by atoms with Crippen molar-refractivity contribution in [3.63, 3.8) is 0 Å². The second kappa shape index (κ2) is 7.95. The van der Waals surface area contributed by atoms with Gasteiger partial charge in [0, 0.05) is 21.5 Å². The van der Waals surface area contributed by atoms with Gasteiger partial charge in [-0.05, 0) is 29.8 Å². The molecule has 0 aliphatic rings. The van der Waals surface area contributed by atoms with Gasteiger partial charge >= 0.3 is 5.97 Å². The summed E-state index contributed by atoms with van der Waals surface area (Å²) in [5.41, 5.74) is 0.578. The molecule has 0 heterocycles. The zero-order valence-corrected chi connectivity index (χ0v) is 13.8. The molecule has 114 valence electrons. The third kappa shape index (κ3) is 5.16. The second-order valence-corrected chi connectivity index (χ2v) is 6.29. The number of ether oxygens (including phenoxy) is 1. The van der Waals surface area contributed by atoms with Crippen LogP contribution in [0.25, 0.3) is 0 Å². The fourth-order valence-corrected chi connectivity index (χ4v) is 2.60. The zero-order valence-electron chi connectivity index (χ0n) is 11.4. The van der Waals surface area contributed by atoms with Crippen molar-refractivity contribution in [1.29, 1.82) is 0 Å². The van der Waals surface area contributed by atoms with Gasteiger partial charge < -0.3 is 4.74 Å². The van der Waals surface area contributed by atoms with Crippen LogP contribution in [0, 0.1) is 10.1 Å². The van der Waals surface area contributed by atoms with Crippen LogP contribution in [0.5, 0.6) is 0 Å². The summed E-state index contributed by atoms with van der Waals surface area (Å²) in [5.74, 6) is -0.171. The van der Waals surface area contributed by atoms with Crippen molar-refractivity contribution in [1.82, 2.24) is 0 Å². The predicted octanol–water partition coefficient (Wildman–Crippen LogP) is 4.19. The minimum Gasteiger partial charge on any atom is -0.460 e. The first-order valence-corrected chi connectivity index (χ1v) is 8.10. The Kier molecular flexibility index (Phi) is 5.97. The molecule has 0 aliphatic carbocycles. The molecule has 0 fully saturated rings. The summed E-state index contributed by atoms with van der Waals surface area (Å²) in [5, 5.41) is 10.7. The van der Waals surface area contributed by atoms with Crippen LogP contribution in [0.2, 0.25) is 0 Å². The molecule has 0 aliphatic heterocycles. The Morgan fingerprint density at radius 2 is 1.95 bits per heavy atom. The molecular formula is C15H12BrNO4S. The quantitative estimate of drug-likeness (QED) is 0.324. The number of benzene rings is 2. The standard InChI is InChI=1S/C15H12BrNO4S/c16-12-4-6-14(7-5-12)22-10-15(18)21-9-11-2-1-3-13(8-11)17(19)20/h1-8H,9-10H2. The highest BCUT2D eigenvalue weighted by atomic mass is 79.9. The number of non-ortho nitro benzene ring substituents is 1. The van der Waals surface area contributed by atoms with E-state index < -0.39 is 4.92 Å². The van der Waals surface area contributed by atoms with Crippen molar-refractivity contribution in [3.05, 3.63) is 68.7 Å². The van der Waals surface area contributed by atoms with Crippen molar-refractivity contribution in [2.24, 2.45) is 0 Å². The van der Waals surface area contributed by atoms with E-state index in [0.717, 1.165) is 9.37 Å². The molecule has 0 amide bonds. The lowest BCUT2D eigenvalue weighted by molar-refractivity contribution is -0.384. The van der Waals surface area contributed by atoms with Gasteiger partial charge in [0.05, 0.1) is 10.7 Å². The van der Waals surface area contributed by atoms with Crippen LogP contribution in [-0.2, 0) is 16.1 Å². The number of carbonyl (C=O) groups excluding carboxylic acids is 1. The highest BCUT2D eigenvalue weighted by Crippen LogP contribution is 2.21. The molecule has 0 unspecified atom stereocenters. The summed E-state index contributed by atoms with van der Waals surface area (Å²) in [7, 11) is 0. The third-order valence-corrected chi connectivity index (χ3v) is 4.21. The summed E-state index contributed by atoms with van der Waals surface area (Å²) in [6, 6.07) is 13.7. The van der Waals surface area contributed by atoms with Crippen LogP contribution in [0.3, 0.4) is 0 Å². The number of nitro benzene ring substituents is 1. The van der Waals surface area contributed by atoms with E-state index >= 15 is 0 Å². The van der Waals surface area contributed by atoms with Crippen molar-refractivity contribution >= 4 is 39.3 Å². The first-order chi connectivity index (χ1) is 10.5. The van der Waals surface area contributed by atoms with Gasteiger partial charge in [-0.15, -0.1) is 11.8 Å². The van der Waals surface area contributed by atoms with Crippen molar-refractivity contribution in [2.75, 3.05) is 5.75 Å². The maximum Gasteiger partial charge on any atom is 0.316 e. The molecule has 0 atom stereocenters. The summed E-state index contributed by atoms with van der Waals surface area (Å²) in [6.45, 7) is 0.0292. The maximum atomic E-state index is 11.7. The number of nitro groups is 1. The molecule has 0 spiro atoms. The Morgan fingerprint density at radius 1 is 1.23 bits per heavy atom. The molecule has 0 saturated heterocycles. The highest BCUT2D eigenvalue weighted by Gasteiger charge is 2.08. The topological polar surface area (TPSA) is 69.4 Å². The van der Waals surface area contributed by atoms with Gasteiger partial charge in [-0.1, -0.05) is 28.1 Å². The number of thioether (sulfide) groups is 1. The normalized spacial score (nSPS) is 10.2. The van der Waals surface area contributed by atoms with Gasteiger partial charge in [-0.2, -0.15) is 0 Å². The van der Waals surface area contributed by atoms with Crippen LogP contribution < -0.4 is 0 Å². The van der Waals surface area contributed by atoms with E-state index in [0.29, 0.717) is 5.56 Å². The van der Waals surface area contributed by atoms with E-state index in [1.165, 1.54) is 23.9 Å². The molecule has 0 N–H and O–H groups in total. The van der Waals surface area contributed by atoms with Crippen molar-refractivity contribution in [2.45, 2.75) is 11.5 Å². The summed E-state index contributed by atoms with van der Waals surface area (Å²) < 4.78 is 6.09. The monoisotopic (exact) mass is 381 g/mol. The summed E-state index contributed by atoms with van der Waals surface area (Å²) >= 11 is 4.72. The fourth-order valence-electron chi connectivity index (χ4n) is 1.64. The van der Waals surface area contributed by atoms with Gasteiger partial charge in [0.15, 0.2) is 0 Å². The van der Waals surface area contributed by atoms with Crippen LogP contribution >= 0.6 is 27.7 Å². The largest absolute Gasteiger partial charge is 0.460 e. The van der Waals surface area contributed by atoms with Gasteiger partial charge in [0.25, 0.3) is 5.69 Å². The highest BCUT2D eigenvalue weighted by molar-refractivity contribution is 9.10. The Morgan fingerprint density at radius 3 is 2.64 bits per heavy atom. The molecule has 2 aromatic carbocycles. The number of halogens is 1. The van der Waals surface area contributed by atoms with E-state index in [2.05, 4.69) is 15.9 Å². The number of esters is 1. The number of hydrogen-bond acceptors (Lipinski definition) is 5. The van der Waals surface area contributed by atoms with Crippen molar-refractivity contribution < 1.29 is 14.5 Å². The maximum absolute atomic E-state index is 11.7. The smallest absolute Gasteiger partial charge is 0.316 e. The Hall–Kier alpha value is -1.86. The van der Waals surface area contributed by atoms with E-state index in [-0.39, 0.29) is 24.0 Å². The second-order valence-electron chi connectivity index (χ2n) is 4.33. The first-order valence-electron chi connectivity index (χ1n) is 6.32. The molecule has 0 radical (unpaired) electrons. The number of nitrogens with zero attached hydrogens (tertiary/aromatic N) is 1. The summed E-state index contributed by atoms with van der Waals surface area (Å²) in [4.78, 5) is 22.8. The number of carbonyl (C=O) groups is 1. The lowest BCUT2D eigenvalue weighted by Gasteiger charge is -2.05. The van der Waals surface area contributed by atoms with E-state index in [1.807, 2.05) is 24.3 Å². The minimum atomic E-state index is -0.477. The zero-order chi connectivity index (χ0) is 15.9. The van der Waals surface area contributed by atoms with Crippen LogP contribution in [0.15, 0.2) is 57.9 Å². The van der Waals surface area contributed by atoms with Gasteiger partial charge in [-0.25, -0.2) is 0 Å². The van der Waals surface area contributed by atoms with E-state index in [9.17, 15) is 14.9 Å². The van der Waals surface area contributed by atoms with Crippen LogP contribution in [-0.4, -0.2) is 16.6 Å². The van der Waals surface area contributed by atoms with Crippen LogP contribution in [0.4, 0.5) is 5.69 Å². The van der Waals surface area contributed by atoms with Crippen LogP contribution in [0.1, 0.15) is 5.56 Å². The molecule has 0 bridgehead atoms. The number of rotatable bonds is 6. The SMILES string of the molecule is O=C(CSc1ccc(Br)cc1)OCc1cccc([N+](=O)[O-])c1. The molecule has 0 saturated carbocycles.